The first kappa shape index (κ1) is 24.0. The highest BCUT2D eigenvalue weighted by atomic mass is 16.5. The molecule has 2 aromatic carbocycles. The normalized spacial score (nSPS) is 20.0. The molecule has 2 saturated heterocycles. The van der Waals surface area contributed by atoms with Crippen LogP contribution in [0.5, 0.6) is 5.75 Å². The van der Waals surface area contributed by atoms with Gasteiger partial charge in [-0.05, 0) is 55.7 Å². The van der Waals surface area contributed by atoms with Gasteiger partial charge in [0.25, 0.3) is 5.56 Å². The van der Waals surface area contributed by atoms with Crippen LogP contribution in [-0.4, -0.2) is 59.9 Å². The highest BCUT2D eigenvalue weighted by Crippen LogP contribution is 2.30. The van der Waals surface area contributed by atoms with Gasteiger partial charge in [-0.15, -0.1) is 5.10 Å². The lowest BCUT2D eigenvalue weighted by Gasteiger charge is -2.36. The molecule has 2 unspecified atom stereocenters. The van der Waals surface area contributed by atoms with Crippen LogP contribution in [0.1, 0.15) is 29.2 Å². The number of benzene rings is 2. The van der Waals surface area contributed by atoms with Crippen LogP contribution in [0.2, 0.25) is 0 Å². The van der Waals surface area contributed by atoms with Gasteiger partial charge < -0.3 is 14.5 Å². The first-order valence-corrected chi connectivity index (χ1v) is 12.3. The minimum atomic E-state index is -0.295. The second-order valence-corrected chi connectivity index (χ2v) is 9.39. The van der Waals surface area contributed by atoms with E-state index in [2.05, 4.69) is 20.9 Å². The third-order valence-electron chi connectivity index (χ3n) is 7.15. The number of hydrazine groups is 1. The van der Waals surface area contributed by atoms with Gasteiger partial charge >= 0.3 is 0 Å². The molecule has 0 saturated carbocycles. The van der Waals surface area contributed by atoms with E-state index < -0.39 is 0 Å². The molecule has 3 aromatic rings. The number of methoxy groups -OCH3 is 1. The van der Waals surface area contributed by atoms with Crippen molar-refractivity contribution < 1.29 is 9.53 Å². The first-order valence-electron chi connectivity index (χ1n) is 12.3. The molecule has 2 aliphatic rings. The Hall–Kier alpha value is -3.69. The Labute approximate surface area is 210 Å². The number of aromatic nitrogens is 2. The van der Waals surface area contributed by atoms with Gasteiger partial charge in [0.15, 0.2) is 0 Å². The maximum absolute atomic E-state index is 13.2. The molecule has 9 heteroatoms. The zero-order valence-electron chi connectivity index (χ0n) is 20.9. The fourth-order valence-electron chi connectivity index (χ4n) is 4.87. The lowest BCUT2D eigenvalue weighted by molar-refractivity contribution is -0.133. The number of nitrogens with one attached hydrogen (secondary N) is 2. The Morgan fingerprint density at radius 1 is 0.972 bits per heavy atom. The Morgan fingerprint density at radius 2 is 1.75 bits per heavy atom. The number of nitrogens with zero attached hydrogens (tertiary/aromatic N) is 4. The predicted octanol–water partition coefficient (Wildman–Crippen LogP) is 2.11. The lowest BCUT2D eigenvalue weighted by Crippen LogP contribution is -2.54. The molecule has 0 radical (unpaired) electrons. The van der Waals surface area contributed by atoms with E-state index in [9.17, 15) is 9.59 Å². The average molecular weight is 489 g/mol. The van der Waals surface area contributed by atoms with Gasteiger partial charge in [-0.25, -0.2) is 10.9 Å². The number of amides is 1. The minimum absolute atomic E-state index is 0.00653. The van der Waals surface area contributed by atoms with Crippen molar-refractivity contribution in [2.24, 2.45) is 0 Å². The second-order valence-electron chi connectivity index (χ2n) is 9.39. The summed E-state index contributed by atoms with van der Waals surface area (Å²) in [4.78, 5) is 29.8. The van der Waals surface area contributed by atoms with Gasteiger partial charge in [-0.2, -0.15) is 4.68 Å². The largest absolute Gasteiger partial charge is 0.496 e. The monoisotopic (exact) mass is 488 g/mol. The van der Waals surface area contributed by atoms with Crippen molar-refractivity contribution in [1.82, 2.24) is 25.5 Å². The summed E-state index contributed by atoms with van der Waals surface area (Å²) in [6.07, 6.45) is 0.655. The van der Waals surface area contributed by atoms with Gasteiger partial charge in [0.05, 0.1) is 18.8 Å². The molecule has 9 nitrogen and oxygen atoms in total. The van der Waals surface area contributed by atoms with Crippen molar-refractivity contribution >= 4 is 11.7 Å². The summed E-state index contributed by atoms with van der Waals surface area (Å²) < 4.78 is 6.93. The van der Waals surface area contributed by atoms with Gasteiger partial charge in [0.1, 0.15) is 17.6 Å². The van der Waals surface area contributed by atoms with E-state index in [0.29, 0.717) is 32.6 Å². The fraction of sp³-hybridized carbons (Fsp3) is 0.370. The molecule has 0 bridgehead atoms. The van der Waals surface area contributed by atoms with Crippen molar-refractivity contribution in [3.63, 3.8) is 0 Å². The molecule has 5 rings (SSSR count). The summed E-state index contributed by atoms with van der Waals surface area (Å²) in [6, 6.07) is 16.8. The van der Waals surface area contributed by atoms with Gasteiger partial charge in [-0.3, -0.25) is 9.59 Å². The number of hydrogen-bond donors (Lipinski definition) is 2. The number of aryl methyl sites for hydroxylation is 2. The average Bonchev–Trinajstić information content (AvgIpc) is 3.40. The number of carbonyl (C=O) groups is 1. The van der Waals surface area contributed by atoms with Crippen LogP contribution in [0, 0.1) is 13.8 Å². The van der Waals surface area contributed by atoms with E-state index in [4.69, 9.17) is 4.74 Å². The van der Waals surface area contributed by atoms with E-state index in [1.807, 2.05) is 61.2 Å². The fourth-order valence-corrected chi connectivity index (χ4v) is 4.87. The second kappa shape index (κ2) is 10.1. The van der Waals surface area contributed by atoms with Crippen molar-refractivity contribution in [1.29, 1.82) is 0 Å². The van der Waals surface area contributed by atoms with Crippen LogP contribution in [0.3, 0.4) is 0 Å². The molecule has 2 atom stereocenters. The van der Waals surface area contributed by atoms with E-state index in [-0.39, 0.29) is 23.6 Å². The number of ether oxygens (including phenoxy) is 1. The quantitative estimate of drug-likeness (QED) is 0.568. The Bertz CT molecular complexity index is 1310. The number of para-hydroxylation sites is 1. The highest BCUT2D eigenvalue weighted by molar-refractivity contribution is 5.82. The van der Waals surface area contributed by atoms with Crippen LogP contribution < -0.4 is 26.0 Å². The number of hydrogen-bond acceptors (Lipinski definition) is 7. The number of piperazine rings is 1. The lowest BCUT2D eigenvalue weighted by atomic mass is 10.0. The van der Waals surface area contributed by atoms with Crippen LogP contribution in [0.15, 0.2) is 59.4 Å². The number of carbonyl (C=O) groups excluding carboxylic acids is 1. The topological polar surface area (TPSA) is 91.7 Å². The maximum Gasteiger partial charge on any atom is 0.271 e. The first-order chi connectivity index (χ1) is 17.4. The van der Waals surface area contributed by atoms with Gasteiger partial charge in [-0.1, -0.05) is 24.3 Å². The van der Waals surface area contributed by atoms with E-state index in [1.165, 1.54) is 10.2 Å². The number of anilines is 1. The third-order valence-corrected chi connectivity index (χ3v) is 7.15. The molecule has 36 heavy (non-hydrogen) atoms. The number of rotatable bonds is 5. The summed E-state index contributed by atoms with van der Waals surface area (Å²) in [5.74, 6) is 1.64. The van der Waals surface area contributed by atoms with Crippen LogP contribution in [0.25, 0.3) is 5.69 Å². The molecule has 1 aromatic heterocycles. The third kappa shape index (κ3) is 4.72. The molecule has 0 spiro atoms. The Balaban J connectivity index is 1.23. The van der Waals surface area contributed by atoms with Crippen LogP contribution in [-0.2, 0) is 4.79 Å². The van der Waals surface area contributed by atoms with Crippen molar-refractivity contribution in [2.75, 3.05) is 38.2 Å². The molecule has 188 valence electrons. The van der Waals surface area contributed by atoms with E-state index >= 15 is 0 Å². The smallest absolute Gasteiger partial charge is 0.271 e. The molecule has 1 amide bonds. The maximum atomic E-state index is 13.2. The SMILES string of the molecule is COc1ccccc1C1CC(C(=O)N2CCN(c3ccc(=O)n(-c4ccc(C)c(C)c4)n3)CC2)NN1. The van der Waals surface area contributed by atoms with E-state index in [0.717, 1.165) is 28.4 Å². The highest BCUT2D eigenvalue weighted by Gasteiger charge is 2.35. The summed E-state index contributed by atoms with van der Waals surface area (Å²) in [6.45, 7) is 6.57. The molecule has 0 aliphatic carbocycles. The van der Waals surface area contributed by atoms with Gasteiger partial charge in [0.2, 0.25) is 5.91 Å². The zero-order chi connectivity index (χ0) is 25.2. The van der Waals surface area contributed by atoms with Crippen molar-refractivity contribution in [3.8, 4) is 11.4 Å². The molecule has 3 heterocycles. The summed E-state index contributed by atoms with van der Waals surface area (Å²) in [5, 5.41) is 4.64. The summed E-state index contributed by atoms with van der Waals surface area (Å²) in [7, 11) is 1.66. The molecular formula is C27H32N6O3. The standard InChI is InChI=1S/C27H32N6O3/c1-18-8-9-20(16-19(18)2)33-26(34)11-10-25(30-33)31-12-14-32(15-13-31)27(35)23-17-22(28-29-23)21-6-4-5-7-24(21)36-3/h4-11,16,22-23,28-29H,12-15,17H2,1-3H3. The molecule has 2 N–H and O–H groups in total. The van der Waals surface area contributed by atoms with Gasteiger partial charge in [0, 0.05) is 37.8 Å². The van der Waals surface area contributed by atoms with Crippen molar-refractivity contribution in [3.05, 3.63) is 81.6 Å². The molecular weight excluding hydrogens is 456 g/mol. The summed E-state index contributed by atoms with van der Waals surface area (Å²) in [5.41, 5.74) is 10.3. The predicted molar refractivity (Wildman–Crippen MR) is 139 cm³/mol. The van der Waals surface area contributed by atoms with Crippen LogP contribution in [0.4, 0.5) is 5.82 Å². The molecule has 2 aliphatic heterocycles. The zero-order valence-corrected chi connectivity index (χ0v) is 20.9. The Morgan fingerprint density at radius 3 is 2.50 bits per heavy atom. The van der Waals surface area contributed by atoms with Crippen LogP contribution >= 0.6 is 0 Å². The molecule has 2 fully saturated rings. The summed E-state index contributed by atoms with van der Waals surface area (Å²) >= 11 is 0. The Kier molecular flexibility index (Phi) is 6.75. The minimum Gasteiger partial charge on any atom is -0.496 e. The van der Waals surface area contributed by atoms with E-state index in [1.54, 1.807) is 19.2 Å². The van der Waals surface area contributed by atoms with Crippen molar-refractivity contribution in [2.45, 2.75) is 32.4 Å².